The van der Waals surface area contributed by atoms with Gasteiger partial charge in [-0.1, -0.05) is 33.8 Å². The van der Waals surface area contributed by atoms with Gasteiger partial charge in [0.05, 0.1) is 18.6 Å². The molecule has 2 rings (SSSR count). The number of hydrogen-bond acceptors (Lipinski definition) is 2. The summed E-state index contributed by atoms with van der Waals surface area (Å²) in [6, 6.07) is 6.09. The Labute approximate surface area is 133 Å². The van der Waals surface area contributed by atoms with Crippen LogP contribution in [0.25, 0.3) is 0 Å². The van der Waals surface area contributed by atoms with Gasteiger partial charge in [0.2, 0.25) is 0 Å². The summed E-state index contributed by atoms with van der Waals surface area (Å²) < 4.78 is 11.4. The SMILES string of the molecule is CC(CC(Cl)c1ccc2c(c1)OCCCO2)CC(C)(C)C. The van der Waals surface area contributed by atoms with Crippen molar-refractivity contribution >= 4 is 11.6 Å². The zero-order chi connectivity index (χ0) is 15.5. The van der Waals surface area contributed by atoms with E-state index >= 15 is 0 Å². The maximum atomic E-state index is 6.62. The van der Waals surface area contributed by atoms with Crippen LogP contribution in [0.4, 0.5) is 0 Å². The number of ether oxygens (including phenoxy) is 2. The Hall–Kier alpha value is -0.890. The predicted molar refractivity (Wildman–Crippen MR) is 88.5 cm³/mol. The normalized spacial score (nSPS) is 18.0. The van der Waals surface area contributed by atoms with E-state index in [1.807, 2.05) is 12.1 Å². The van der Waals surface area contributed by atoms with Crippen LogP contribution in [-0.4, -0.2) is 13.2 Å². The van der Waals surface area contributed by atoms with E-state index in [2.05, 4.69) is 33.8 Å². The van der Waals surface area contributed by atoms with Crippen LogP contribution < -0.4 is 9.47 Å². The number of hydrogen-bond donors (Lipinski definition) is 0. The van der Waals surface area contributed by atoms with Gasteiger partial charge in [0.25, 0.3) is 0 Å². The summed E-state index contributed by atoms with van der Waals surface area (Å²) in [6.07, 6.45) is 3.09. The monoisotopic (exact) mass is 310 g/mol. The molecule has 3 heteroatoms. The van der Waals surface area contributed by atoms with Crippen LogP contribution in [0, 0.1) is 11.3 Å². The molecule has 1 heterocycles. The van der Waals surface area contributed by atoms with Gasteiger partial charge < -0.3 is 9.47 Å². The fraction of sp³-hybridized carbons (Fsp3) is 0.667. The molecule has 0 saturated heterocycles. The van der Waals surface area contributed by atoms with Crippen molar-refractivity contribution in [3.63, 3.8) is 0 Å². The Morgan fingerprint density at radius 1 is 1.14 bits per heavy atom. The molecule has 2 nitrogen and oxygen atoms in total. The lowest BCUT2D eigenvalue weighted by molar-refractivity contribution is 0.294. The Kier molecular flexibility index (Phi) is 5.43. The molecule has 0 radical (unpaired) electrons. The average Bonchev–Trinajstić information content (AvgIpc) is 2.60. The van der Waals surface area contributed by atoms with E-state index in [1.165, 1.54) is 6.42 Å². The number of alkyl halides is 1. The molecule has 0 aliphatic carbocycles. The zero-order valence-electron chi connectivity index (χ0n) is 13.6. The van der Waals surface area contributed by atoms with Crippen molar-refractivity contribution in [2.24, 2.45) is 11.3 Å². The molecule has 21 heavy (non-hydrogen) atoms. The number of halogens is 1. The highest BCUT2D eigenvalue weighted by Crippen LogP contribution is 2.38. The van der Waals surface area contributed by atoms with Crippen LogP contribution in [0.1, 0.15) is 57.9 Å². The summed E-state index contributed by atoms with van der Waals surface area (Å²) in [5.41, 5.74) is 1.47. The lowest BCUT2D eigenvalue weighted by Gasteiger charge is -2.25. The molecule has 0 N–H and O–H groups in total. The van der Waals surface area contributed by atoms with Crippen LogP contribution in [0.2, 0.25) is 0 Å². The van der Waals surface area contributed by atoms with Crippen LogP contribution in [0.5, 0.6) is 11.5 Å². The van der Waals surface area contributed by atoms with Crippen molar-refractivity contribution in [2.75, 3.05) is 13.2 Å². The van der Waals surface area contributed by atoms with E-state index in [9.17, 15) is 0 Å². The smallest absolute Gasteiger partial charge is 0.161 e. The van der Waals surface area contributed by atoms with E-state index in [1.54, 1.807) is 0 Å². The third-order valence-corrected chi connectivity index (χ3v) is 4.13. The molecule has 2 unspecified atom stereocenters. The van der Waals surface area contributed by atoms with Gasteiger partial charge in [0, 0.05) is 6.42 Å². The van der Waals surface area contributed by atoms with Crippen molar-refractivity contribution < 1.29 is 9.47 Å². The van der Waals surface area contributed by atoms with Crippen molar-refractivity contribution in [2.45, 2.75) is 52.3 Å². The van der Waals surface area contributed by atoms with E-state index in [0.29, 0.717) is 17.9 Å². The lowest BCUT2D eigenvalue weighted by Crippen LogP contribution is -2.12. The number of fused-ring (bicyclic) bond motifs is 1. The molecule has 0 bridgehead atoms. The maximum absolute atomic E-state index is 6.62. The highest BCUT2D eigenvalue weighted by molar-refractivity contribution is 6.20. The quantitative estimate of drug-likeness (QED) is 0.675. The fourth-order valence-corrected chi connectivity index (χ4v) is 3.43. The second-order valence-corrected chi connectivity index (χ2v) is 7.86. The molecule has 0 aromatic heterocycles. The van der Waals surface area contributed by atoms with Crippen molar-refractivity contribution in [3.05, 3.63) is 23.8 Å². The summed E-state index contributed by atoms with van der Waals surface area (Å²) in [4.78, 5) is 0. The highest BCUT2D eigenvalue weighted by Gasteiger charge is 2.20. The first-order valence-corrected chi connectivity index (χ1v) is 8.32. The highest BCUT2D eigenvalue weighted by atomic mass is 35.5. The summed E-state index contributed by atoms with van der Waals surface area (Å²) in [7, 11) is 0. The summed E-state index contributed by atoms with van der Waals surface area (Å²) >= 11 is 6.62. The molecule has 1 aromatic carbocycles. The average molecular weight is 311 g/mol. The van der Waals surface area contributed by atoms with Gasteiger partial charge in [-0.15, -0.1) is 11.6 Å². The zero-order valence-corrected chi connectivity index (χ0v) is 14.4. The van der Waals surface area contributed by atoms with Gasteiger partial charge in [-0.2, -0.15) is 0 Å². The van der Waals surface area contributed by atoms with E-state index < -0.39 is 0 Å². The second kappa shape index (κ2) is 6.91. The molecule has 1 aliphatic rings. The molecule has 0 amide bonds. The lowest BCUT2D eigenvalue weighted by atomic mass is 9.83. The molecular formula is C18H27ClO2. The Bertz CT molecular complexity index is 465. The minimum Gasteiger partial charge on any atom is -0.490 e. The Morgan fingerprint density at radius 2 is 1.81 bits per heavy atom. The van der Waals surface area contributed by atoms with Gasteiger partial charge in [0.15, 0.2) is 11.5 Å². The molecular weight excluding hydrogens is 284 g/mol. The van der Waals surface area contributed by atoms with Gasteiger partial charge in [-0.05, 0) is 41.9 Å². The molecule has 1 aliphatic heterocycles. The van der Waals surface area contributed by atoms with Crippen molar-refractivity contribution in [3.8, 4) is 11.5 Å². The van der Waals surface area contributed by atoms with E-state index in [-0.39, 0.29) is 5.38 Å². The van der Waals surface area contributed by atoms with E-state index in [0.717, 1.165) is 36.5 Å². The van der Waals surface area contributed by atoms with Crippen molar-refractivity contribution in [1.82, 2.24) is 0 Å². The van der Waals surface area contributed by atoms with Gasteiger partial charge >= 0.3 is 0 Å². The third-order valence-electron chi connectivity index (χ3n) is 3.70. The van der Waals surface area contributed by atoms with Gasteiger partial charge in [0.1, 0.15) is 0 Å². The Balaban J connectivity index is 2.02. The van der Waals surface area contributed by atoms with Crippen LogP contribution in [-0.2, 0) is 0 Å². The number of benzene rings is 1. The molecule has 1 aromatic rings. The Morgan fingerprint density at radius 3 is 2.48 bits per heavy atom. The summed E-state index contributed by atoms with van der Waals surface area (Å²) in [5.74, 6) is 2.27. The standard InChI is InChI=1S/C18H27ClO2/c1-13(12-18(2,3)4)10-15(19)14-6-7-16-17(11-14)21-9-5-8-20-16/h6-7,11,13,15H,5,8-10,12H2,1-4H3. The van der Waals surface area contributed by atoms with Crippen LogP contribution >= 0.6 is 11.6 Å². The minimum absolute atomic E-state index is 0.0273. The molecule has 0 spiro atoms. The van der Waals surface area contributed by atoms with Crippen LogP contribution in [0.3, 0.4) is 0 Å². The number of rotatable bonds is 4. The molecule has 0 saturated carbocycles. The topological polar surface area (TPSA) is 18.5 Å². The molecule has 2 atom stereocenters. The summed E-state index contributed by atoms with van der Waals surface area (Å²) in [5, 5.41) is 0.0273. The van der Waals surface area contributed by atoms with Crippen molar-refractivity contribution in [1.29, 1.82) is 0 Å². The fourth-order valence-electron chi connectivity index (χ4n) is 2.99. The van der Waals surface area contributed by atoms with Gasteiger partial charge in [-0.25, -0.2) is 0 Å². The largest absolute Gasteiger partial charge is 0.490 e. The van der Waals surface area contributed by atoms with Crippen LogP contribution in [0.15, 0.2) is 18.2 Å². The predicted octanol–water partition coefficient (Wildman–Crippen LogP) is 5.59. The third kappa shape index (κ3) is 5.10. The van der Waals surface area contributed by atoms with Gasteiger partial charge in [-0.3, -0.25) is 0 Å². The first kappa shape index (κ1) is 16.5. The molecule has 118 valence electrons. The first-order chi connectivity index (χ1) is 9.85. The first-order valence-electron chi connectivity index (χ1n) is 7.89. The maximum Gasteiger partial charge on any atom is 0.161 e. The second-order valence-electron chi connectivity index (χ2n) is 7.33. The molecule has 0 fully saturated rings. The van der Waals surface area contributed by atoms with E-state index in [4.69, 9.17) is 21.1 Å². The minimum atomic E-state index is 0.0273. The summed E-state index contributed by atoms with van der Waals surface area (Å²) in [6.45, 7) is 10.5.